The molecule has 0 spiro atoms. The molecule has 0 heterocycles. The zero-order chi connectivity index (χ0) is 20.9. The van der Waals surface area contributed by atoms with Gasteiger partial charge in [0.05, 0.1) is 20.4 Å². The highest BCUT2D eigenvalue weighted by molar-refractivity contribution is 7.91. The van der Waals surface area contributed by atoms with Crippen molar-refractivity contribution in [2.24, 2.45) is 0 Å². The summed E-state index contributed by atoms with van der Waals surface area (Å²) in [6.07, 6.45) is 0. The molecule has 0 aliphatic carbocycles. The van der Waals surface area contributed by atoms with Crippen LogP contribution in [-0.4, -0.2) is 20.9 Å². The second-order valence-electron chi connectivity index (χ2n) is 5.93. The van der Waals surface area contributed by atoms with Crippen molar-refractivity contribution < 1.29 is 17.9 Å². The predicted molar refractivity (Wildman–Crippen MR) is 109 cm³/mol. The molecule has 0 aromatic heterocycles. The first-order valence-electron chi connectivity index (χ1n) is 8.42. The minimum absolute atomic E-state index is 0.132. The van der Waals surface area contributed by atoms with E-state index in [2.05, 4.69) is 5.32 Å². The Morgan fingerprint density at radius 3 is 2.28 bits per heavy atom. The molecule has 29 heavy (non-hydrogen) atoms. The van der Waals surface area contributed by atoms with Crippen molar-refractivity contribution >= 4 is 33.0 Å². The van der Waals surface area contributed by atoms with Gasteiger partial charge in [0.15, 0.2) is 6.61 Å². The maximum Gasteiger partial charge on any atom is 0.262 e. The first-order chi connectivity index (χ1) is 13.9. The van der Waals surface area contributed by atoms with Crippen molar-refractivity contribution in [2.75, 3.05) is 11.9 Å². The van der Waals surface area contributed by atoms with Gasteiger partial charge in [-0.2, -0.15) is 5.26 Å². The summed E-state index contributed by atoms with van der Waals surface area (Å²) < 4.78 is 30.5. The zero-order valence-electron chi connectivity index (χ0n) is 15.0. The van der Waals surface area contributed by atoms with Crippen LogP contribution in [0.15, 0.2) is 82.6 Å². The number of nitriles is 1. The van der Waals surface area contributed by atoms with Gasteiger partial charge in [0, 0.05) is 5.69 Å². The normalized spacial score (nSPS) is 10.8. The minimum Gasteiger partial charge on any atom is -0.484 e. The summed E-state index contributed by atoms with van der Waals surface area (Å²) in [6, 6.07) is 20.4. The van der Waals surface area contributed by atoms with Crippen LogP contribution in [0.2, 0.25) is 5.02 Å². The molecule has 0 radical (unpaired) electrons. The van der Waals surface area contributed by atoms with E-state index in [9.17, 15) is 13.2 Å². The number of carbonyl (C=O) groups is 1. The number of nitrogens with one attached hydrogen (secondary N) is 1. The lowest BCUT2D eigenvalue weighted by Crippen LogP contribution is -2.20. The van der Waals surface area contributed by atoms with E-state index in [1.807, 2.05) is 6.07 Å². The van der Waals surface area contributed by atoms with Gasteiger partial charge in [0.2, 0.25) is 9.84 Å². The van der Waals surface area contributed by atoms with Gasteiger partial charge in [-0.1, -0.05) is 29.8 Å². The number of nitrogens with zero attached hydrogens (tertiary/aromatic N) is 1. The van der Waals surface area contributed by atoms with E-state index in [0.717, 1.165) is 0 Å². The number of benzene rings is 3. The summed E-state index contributed by atoms with van der Waals surface area (Å²) >= 11 is 5.93. The third-order valence-electron chi connectivity index (χ3n) is 3.93. The number of hydrogen-bond donors (Lipinski definition) is 1. The standard InChI is InChI=1S/C21H15ClN2O4S/c22-20-12-16(7-6-15(20)13-23)24-21(25)14-28-17-8-10-19(11-9-17)29(26,27)18-4-2-1-3-5-18/h1-12H,14H2,(H,24,25). The molecule has 8 heteroatoms. The van der Waals surface area contributed by atoms with Crippen molar-refractivity contribution in [3.05, 3.63) is 83.4 Å². The summed E-state index contributed by atoms with van der Waals surface area (Å²) in [6.45, 7) is -0.275. The van der Waals surface area contributed by atoms with E-state index in [4.69, 9.17) is 21.6 Å². The Hall–Kier alpha value is -3.34. The number of anilines is 1. The van der Waals surface area contributed by atoms with Crippen LogP contribution in [0, 0.1) is 11.3 Å². The number of amides is 1. The van der Waals surface area contributed by atoms with Crippen molar-refractivity contribution in [1.82, 2.24) is 0 Å². The van der Waals surface area contributed by atoms with Crippen LogP contribution in [0.1, 0.15) is 5.56 Å². The van der Waals surface area contributed by atoms with Gasteiger partial charge >= 0.3 is 0 Å². The molecule has 3 aromatic carbocycles. The van der Waals surface area contributed by atoms with Gasteiger partial charge in [-0.3, -0.25) is 4.79 Å². The smallest absolute Gasteiger partial charge is 0.262 e. The maximum absolute atomic E-state index is 12.6. The summed E-state index contributed by atoms with van der Waals surface area (Å²) in [5.74, 6) is -0.0724. The predicted octanol–water partition coefficient (Wildman–Crippen LogP) is 4.06. The SMILES string of the molecule is N#Cc1ccc(NC(=O)COc2ccc(S(=O)(=O)c3ccccc3)cc2)cc1Cl. The second-order valence-corrected chi connectivity index (χ2v) is 8.29. The Labute approximate surface area is 173 Å². The highest BCUT2D eigenvalue weighted by atomic mass is 35.5. The largest absolute Gasteiger partial charge is 0.484 e. The minimum atomic E-state index is -3.61. The van der Waals surface area contributed by atoms with Crippen LogP contribution in [-0.2, 0) is 14.6 Å². The van der Waals surface area contributed by atoms with E-state index in [1.54, 1.807) is 24.3 Å². The average Bonchev–Trinajstić information content (AvgIpc) is 2.73. The first-order valence-corrected chi connectivity index (χ1v) is 10.3. The Morgan fingerprint density at radius 2 is 1.66 bits per heavy atom. The van der Waals surface area contributed by atoms with Gasteiger partial charge in [-0.25, -0.2) is 8.42 Å². The molecule has 3 aromatic rings. The van der Waals surface area contributed by atoms with Crippen molar-refractivity contribution in [3.8, 4) is 11.8 Å². The van der Waals surface area contributed by atoms with Crippen LogP contribution in [0.5, 0.6) is 5.75 Å². The molecule has 0 saturated carbocycles. The molecule has 0 saturated heterocycles. The topological polar surface area (TPSA) is 96.3 Å². The van der Waals surface area contributed by atoms with Crippen molar-refractivity contribution in [3.63, 3.8) is 0 Å². The number of sulfone groups is 1. The molecule has 1 amide bonds. The van der Waals surface area contributed by atoms with Crippen molar-refractivity contribution in [2.45, 2.75) is 9.79 Å². The van der Waals surface area contributed by atoms with E-state index in [1.165, 1.54) is 48.5 Å². The van der Waals surface area contributed by atoms with Gasteiger partial charge in [-0.15, -0.1) is 0 Å². The van der Waals surface area contributed by atoms with Crippen LogP contribution in [0.3, 0.4) is 0 Å². The van der Waals surface area contributed by atoms with Gasteiger partial charge in [0.25, 0.3) is 5.91 Å². The molecule has 0 unspecified atom stereocenters. The Balaban J connectivity index is 1.61. The van der Waals surface area contributed by atoms with Gasteiger partial charge in [-0.05, 0) is 54.6 Å². The second kappa shape index (κ2) is 8.78. The number of hydrogen-bond acceptors (Lipinski definition) is 5. The molecule has 6 nitrogen and oxygen atoms in total. The lowest BCUT2D eigenvalue weighted by atomic mass is 10.2. The summed E-state index contributed by atoms with van der Waals surface area (Å²) in [5, 5.41) is 11.7. The quantitative estimate of drug-likeness (QED) is 0.641. The molecule has 146 valence electrons. The summed E-state index contributed by atoms with van der Waals surface area (Å²) in [7, 11) is -3.61. The molecule has 1 N–H and O–H groups in total. The van der Waals surface area contributed by atoms with E-state index in [0.29, 0.717) is 17.0 Å². The lowest BCUT2D eigenvalue weighted by Gasteiger charge is -2.09. The Kier molecular flexibility index (Phi) is 6.17. The maximum atomic E-state index is 12.6. The van der Waals surface area contributed by atoms with E-state index < -0.39 is 15.7 Å². The number of halogens is 1. The molecule has 3 rings (SSSR count). The van der Waals surface area contributed by atoms with Crippen LogP contribution >= 0.6 is 11.6 Å². The van der Waals surface area contributed by atoms with E-state index in [-0.39, 0.29) is 21.4 Å². The fraction of sp³-hybridized carbons (Fsp3) is 0.0476. The van der Waals surface area contributed by atoms with Crippen LogP contribution in [0.25, 0.3) is 0 Å². The highest BCUT2D eigenvalue weighted by Gasteiger charge is 2.17. The van der Waals surface area contributed by atoms with Gasteiger partial charge in [0.1, 0.15) is 11.8 Å². The summed E-state index contributed by atoms with van der Waals surface area (Å²) in [5.41, 5.74) is 0.748. The average molecular weight is 427 g/mol. The number of ether oxygens (including phenoxy) is 1. The molecular formula is C21H15ClN2O4S. The lowest BCUT2D eigenvalue weighted by molar-refractivity contribution is -0.118. The highest BCUT2D eigenvalue weighted by Crippen LogP contribution is 2.23. The molecule has 0 fully saturated rings. The monoisotopic (exact) mass is 426 g/mol. The van der Waals surface area contributed by atoms with Gasteiger partial charge < -0.3 is 10.1 Å². The van der Waals surface area contributed by atoms with Crippen LogP contribution in [0.4, 0.5) is 5.69 Å². The fourth-order valence-corrected chi connectivity index (χ4v) is 3.99. The van der Waals surface area contributed by atoms with Crippen molar-refractivity contribution in [1.29, 1.82) is 5.26 Å². The molecule has 0 atom stereocenters. The van der Waals surface area contributed by atoms with E-state index >= 15 is 0 Å². The molecule has 0 bridgehead atoms. The Morgan fingerprint density at radius 1 is 1.00 bits per heavy atom. The molecular weight excluding hydrogens is 412 g/mol. The molecule has 0 aliphatic heterocycles. The molecule has 0 aliphatic rings. The van der Waals surface area contributed by atoms with Crippen LogP contribution < -0.4 is 10.1 Å². The zero-order valence-corrected chi connectivity index (χ0v) is 16.6. The third-order valence-corrected chi connectivity index (χ3v) is 6.03. The Bertz CT molecular complexity index is 1170. The fourth-order valence-electron chi connectivity index (χ4n) is 2.48. The number of carbonyl (C=O) groups excluding carboxylic acids is 1. The number of rotatable bonds is 6. The first kappa shape index (κ1) is 20.4. The summed E-state index contributed by atoms with van der Waals surface area (Å²) in [4.78, 5) is 12.4. The third kappa shape index (κ3) is 4.93.